The fourth-order valence-corrected chi connectivity index (χ4v) is 1.35. The van der Waals surface area contributed by atoms with E-state index in [0.717, 1.165) is 6.42 Å². The fourth-order valence-electron chi connectivity index (χ4n) is 1.35. The summed E-state index contributed by atoms with van der Waals surface area (Å²) in [6.45, 7) is 7.36. The van der Waals surface area contributed by atoms with Crippen LogP contribution >= 0.6 is 0 Å². The number of amides is 1. The summed E-state index contributed by atoms with van der Waals surface area (Å²) in [4.78, 5) is 16.6. The van der Waals surface area contributed by atoms with Gasteiger partial charge in [0, 0.05) is 13.7 Å². The van der Waals surface area contributed by atoms with E-state index in [1.54, 1.807) is 7.11 Å². The lowest BCUT2D eigenvalue weighted by atomic mass is 9.84. The first-order chi connectivity index (χ1) is 7.40. The van der Waals surface area contributed by atoms with Crippen molar-refractivity contribution in [2.24, 2.45) is 17.1 Å². The molecule has 0 heterocycles. The van der Waals surface area contributed by atoms with Crippen LogP contribution in [-0.2, 0) is 14.4 Å². The standard InChI is InChI=1S/C11H24N2O3/c1-11(2,3)7-9(8-12)10(14)13-16-6-5-15-4/h9H,5-8,12H2,1-4H3,(H,13,14). The average molecular weight is 232 g/mol. The maximum absolute atomic E-state index is 11.7. The summed E-state index contributed by atoms with van der Waals surface area (Å²) in [6, 6.07) is 0. The zero-order chi connectivity index (χ0) is 12.6. The maximum atomic E-state index is 11.7. The maximum Gasteiger partial charge on any atom is 0.247 e. The Kier molecular flexibility index (Phi) is 7.29. The van der Waals surface area contributed by atoms with Gasteiger partial charge in [-0.2, -0.15) is 0 Å². The number of methoxy groups -OCH3 is 1. The second-order valence-electron chi connectivity index (χ2n) is 5.00. The third-order valence-corrected chi connectivity index (χ3v) is 2.08. The van der Waals surface area contributed by atoms with E-state index in [-0.39, 0.29) is 17.2 Å². The molecule has 3 N–H and O–H groups in total. The van der Waals surface area contributed by atoms with Crippen LogP contribution in [0.25, 0.3) is 0 Å². The molecular formula is C11H24N2O3. The Morgan fingerprint density at radius 1 is 1.38 bits per heavy atom. The molecule has 96 valence electrons. The zero-order valence-corrected chi connectivity index (χ0v) is 10.7. The van der Waals surface area contributed by atoms with Gasteiger partial charge in [-0.05, 0) is 11.8 Å². The minimum absolute atomic E-state index is 0.0773. The molecule has 0 fully saturated rings. The molecule has 0 bridgehead atoms. The third kappa shape index (κ3) is 7.62. The van der Waals surface area contributed by atoms with Crippen molar-refractivity contribution >= 4 is 5.91 Å². The van der Waals surface area contributed by atoms with Crippen LogP contribution in [0.2, 0.25) is 0 Å². The van der Waals surface area contributed by atoms with Crippen molar-refractivity contribution in [2.75, 3.05) is 26.9 Å². The van der Waals surface area contributed by atoms with Gasteiger partial charge in [0.25, 0.3) is 0 Å². The number of hydrogen-bond donors (Lipinski definition) is 2. The Morgan fingerprint density at radius 2 is 2.00 bits per heavy atom. The Balaban J connectivity index is 3.92. The molecule has 0 spiro atoms. The van der Waals surface area contributed by atoms with Crippen LogP contribution in [0.15, 0.2) is 0 Å². The molecule has 0 aliphatic carbocycles. The molecule has 0 saturated heterocycles. The molecule has 0 aromatic carbocycles. The number of nitrogens with two attached hydrogens (primary N) is 1. The van der Waals surface area contributed by atoms with E-state index in [4.69, 9.17) is 15.3 Å². The van der Waals surface area contributed by atoms with Crippen molar-refractivity contribution < 1.29 is 14.4 Å². The van der Waals surface area contributed by atoms with Gasteiger partial charge >= 0.3 is 0 Å². The highest BCUT2D eigenvalue weighted by Gasteiger charge is 2.23. The minimum Gasteiger partial charge on any atom is -0.382 e. The molecule has 1 amide bonds. The van der Waals surface area contributed by atoms with Crippen molar-refractivity contribution in [3.8, 4) is 0 Å². The third-order valence-electron chi connectivity index (χ3n) is 2.08. The van der Waals surface area contributed by atoms with Crippen LogP contribution in [0.4, 0.5) is 0 Å². The molecular weight excluding hydrogens is 208 g/mol. The summed E-state index contributed by atoms with van der Waals surface area (Å²) in [6.07, 6.45) is 0.739. The van der Waals surface area contributed by atoms with E-state index in [1.807, 2.05) is 0 Å². The SMILES string of the molecule is COCCONC(=O)C(CN)CC(C)(C)C. The predicted octanol–water partition coefficient (Wildman–Crippen LogP) is 0.692. The molecule has 0 radical (unpaired) electrons. The molecule has 5 nitrogen and oxygen atoms in total. The highest BCUT2D eigenvalue weighted by molar-refractivity contribution is 5.77. The Labute approximate surface area is 97.6 Å². The lowest BCUT2D eigenvalue weighted by Crippen LogP contribution is -2.37. The van der Waals surface area contributed by atoms with Crippen molar-refractivity contribution in [1.82, 2.24) is 5.48 Å². The second kappa shape index (κ2) is 7.60. The first-order valence-electron chi connectivity index (χ1n) is 5.51. The lowest BCUT2D eigenvalue weighted by molar-refractivity contribution is -0.139. The summed E-state index contributed by atoms with van der Waals surface area (Å²) < 4.78 is 4.79. The molecule has 1 atom stereocenters. The number of ether oxygens (including phenoxy) is 1. The number of rotatable bonds is 7. The van der Waals surface area contributed by atoms with Crippen LogP contribution in [0.1, 0.15) is 27.2 Å². The van der Waals surface area contributed by atoms with Crippen LogP contribution in [0.5, 0.6) is 0 Å². The van der Waals surface area contributed by atoms with E-state index in [9.17, 15) is 4.79 Å². The van der Waals surface area contributed by atoms with Crippen LogP contribution in [0.3, 0.4) is 0 Å². The normalized spacial score (nSPS) is 13.6. The van der Waals surface area contributed by atoms with Gasteiger partial charge in [0.05, 0.1) is 19.1 Å². The number of nitrogens with one attached hydrogen (secondary N) is 1. The Hall–Kier alpha value is -0.650. The average Bonchev–Trinajstić information content (AvgIpc) is 2.19. The zero-order valence-electron chi connectivity index (χ0n) is 10.7. The smallest absolute Gasteiger partial charge is 0.247 e. The van der Waals surface area contributed by atoms with Crippen molar-refractivity contribution in [3.63, 3.8) is 0 Å². The van der Waals surface area contributed by atoms with Crippen molar-refractivity contribution in [1.29, 1.82) is 0 Å². The van der Waals surface area contributed by atoms with E-state index >= 15 is 0 Å². The van der Waals surface area contributed by atoms with Gasteiger partial charge in [0.2, 0.25) is 5.91 Å². The van der Waals surface area contributed by atoms with Crippen LogP contribution < -0.4 is 11.2 Å². The van der Waals surface area contributed by atoms with E-state index in [1.165, 1.54) is 0 Å². The summed E-state index contributed by atoms with van der Waals surface area (Å²) in [5.74, 6) is -0.365. The highest BCUT2D eigenvalue weighted by atomic mass is 16.7. The minimum atomic E-state index is -0.206. The van der Waals surface area contributed by atoms with Crippen LogP contribution in [0, 0.1) is 11.3 Å². The van der Waals surface area contributed by atoms with Gasteiger partial charge in [-0.1, -0.05) is 20.8 Å². The van der Waals surface area contributed by atoms with Crippen molar-refractivity contribution in [2.45, 2.75) is 27.2 Å². The molecule has 0 aliphatic rings. The van der Waals surface area contributed by atoms with Gasteiger partial charge in [0.15, 0.2) is 0 Å². The van der Waals surface area contributed by atoms with Crippen LogP contribution in [-0.4, -0.2) is 32.8 Å². The molecule has 0 aromatic heterocycles. The van der Waals surface area contributed by atoms with E-state index in [0.29, 0.717) is 19.8 Å². The first kappa shape index (κ1) is 15.3. The molecule has 0 aliphatic heterocycles. The molecule has 5 heteroatoms. The summed E-state index contributed by atoms with van der Waals surface area (Å²) in [7, 11) is 1.58. The highest BCUT2D eigenvalue weighted by Crippen LogP contribution is 2.23. The number of hydroxylamine groups is 1. The molecule has 0 rings (SSSR count). The molecule has 0 saturated carbocycles. The topological polar surface area (TPSA) is 73.6 Å². The first-order valence-corrected chi connectivity index (χ1v) is 5.51. The number of hydrogen-bond acceptors (Lipinski definition) is 4. The fraction of sp³-hybridized carbons (Fsp3) is 0.909. The van der Waals surface area contributed by atoms with Gasteiger partial charge in [-0.3, -0.25) is 9.63 Å². The van der Waals surface area contributed by atoms with Crippen molar-refractivity contribution in [3.05, 3.63) is 0 Å². The predicted molar refractivity (Wildman–Crippen MR) is 62.6 cm³/mol. The monoisotopic (exact) mass is 232 g/mol. The summed E-state index contributed by atoms with van der Waals surface area (Å²) in [5.41, 5.74) is 8.04. The number of carbonyl (C=O) groups excluding carboxylic acids is 1. The molecule has 0 aromatic rings. The largest absolute Gasteiger partial charge is 0.382 e. The summed E-state index contributed by atoms with van der Waals surface area (Å²) in [5, 5.41) is 0. The van der Waals surface area contributed by atoms with E-state index < -0.39 is 0 Å². The number of carbonyl (C=O) groups is 1. The van der Waals surface area contributed by atoms with E-state index in [2.05, 4.69) is 26.3 Å². The van der Waals surface area contributed by atoms with Gasteiger partial charge < -0.3 is 10.5 Å². The summed E-state index contributed by atoms with van der Waals surface area (Å²) >= 11 is 0. The lowest BCUT2D eigenvalue weighted by Gasteiger charge is -2.24. The van der Waals surface area contributed by atoms with Gasteiger partial charge in [-0.15, -0.1) is 0 Å². The van der Waals surface area contributed by atoms with Gasteiger partial charge in [0.1, 0.15) is 0 Å². The quantitative estimate of drug-likeness (QED) is 0.500. The molecule has 16 heavy (non-hydrogen) atoms. The molecule has 1 unspecified atom stereocenters. The Morgan fingerprint density at radius 3 is 2.44 bits per heavy atom. The second-order valence-corrected chi connectivity index (χ2v) is 5.00. The van der Waals surface area contributed by atoms with Gasteiger partial charge in [-0.25, -0.2) is 5.48 Å². The Bertz CT molecular complexity index is 202.